The average molecular weight is 201 g/mol. The zero-order valence-corrected chi connectivity index (χ0v) is 9.07. The molecule has 1 N–H and O–H groups in total. The first-order chi connectivity index (χ1) is 7.15. The summed E-state index contributed by atoms with van der Waals surface area (Å²) < 4.78 is 0. The standard InChI is InChI=1S/C13H15NO/c1-10(9-14)7-8-13(15)12-6-4-3-5-11(12)2/h3-7,13,15H,8H2,1-2H3/b10-7+/t13-/m1/s1. The van der Waals surface area contributed by atoms with Crippen molar-refractivity contribution in [1.29, 1.82) is 5.26 Å². The molecular formula is C13H15NO. The first kappa shape index (κ1) is 11.5. The Labute approximate surface area is 90.5 Å². The monoisotopic (exact) mass is 201 g/mol. The number of aliphatic hydroxyl groups excluding tert-OH is 1. The van der Waals surface area contributed by atoms with Crippen LogP contribution in [0.3, 0.4) is 0 Å². The fourth-order valence-corrected chi connectivity index (χ4v) is 1.42. The molecule has 1 rings (SSSR count). The van der Waals surface area contributed by atoms with Crippen molar-refractivity contribution in [2.24, 2.45) is 0 Å². The van der Waals surface area contributed by atoms with Crippen LogP contribution in [0.5, 0.6) is 0 Å². The van der Waals surface area contributed by atoms with Crippen LogP contribution >= 0.6 is 0 Å². The Kier molecular flexibility index (Phi) is 4.08. The van der Waals surface area contributed by atoms with Crippen molar-refractivity contribution < 1.29 is 5.11 Å². The summed E-state index contributed by atoms with van der Waals surface area (Å²) in [4.78, 5) is 0. The van der Waals surface area contributed by atoms with Crippen LogP contribution in [0.25, 0.3) is 0 Å². The molecule has 0 radical (unpaired) electrons. The van der Waals surface area contributed by atoms with Gasteiger partial charge in [-0.15, -0.1) is 0 Å². The lowest BCUT2D eigenvalue weighted by Crippen LogP contribution is -1.98. The minimum atomic E-state index is -0.519. The van der Waals surface area contributed by atoms with E-state index in [0.29, 0.717) is 12.0 Å². The molecular weight excluding hydrogens is 186 g/mol. The maximum absolute atomic E-state index is 9.89. The summed E-state index contributed by atoms with van der Waals surface area (Å²) in [5, 5.41) is 18.5. The summed E-state index contributed by atoms with van der Waals surface area (Å²) in [6, 6.07) is 9.78. The van der Waals surface area contributed by atoms with Crippen LogP contribution < -0.4 is 0 Å². The van der Waals surface area contributed by atoms with Crippen molar-refractivity contribution in [2.45, 2.75) is 26.4 Å². The first-order valence-electron chi connectivity index (χ1n) is 4.95. The van der Waals surface area contributed by atoms with Crippen molar-refractivity contribution in [3.8, 4) is 6.07 Å². The van der Waals surface area contributed by atoms with Crippen LogP contribution in [0.2, 0.25) is 0 Å². The molecule has 2 nitrogen and oxygen atoms in total. The molecule has 78 valence electrons. The Bertz CT molecular complexity index is 401. The molecule has 2 heteroatoms. The van der Waals surface area contributed by atoms with E-state index in [4.69, 9.17) is 5.26 Å². The number of rotatable bonds is 3. The fourth-order valence-electron chi connectivity index (χ4n) is 1.42. The highest BCUT2D eigenvalue weighted by Crippen LogP contribution is 2.20. The predicted molar refractivity (Wildman–Crippen MR) is 60.1 cm³/mol. The highest BCUT2D eigenvalue weighted by atomic mass is 16.3. The summed E-state index contributed by atoms with van der Waals surface area (Å²) in [6.45, 7) is 3.71. The van der Waals surface area contributed by atoms with E-state index in [0.717, 1.165) is 11.1 Å². The van der Waals surface area contributed by atoms with Gasteiger partial charge in [0.25, 0.3) is 0 Å². The first-order valence-corrected chi connectivity index (χ1v) is 4.95. The van der Waals surface area contributed by atoms with Crippen molar-refractivity contribution in [3.05, 3.63) is 47.0 Å². The van der Waals surface area contributed by atoms with Gasteiger partial charge in [-0.2, -0.15) is 5.26 Å². The third-order valence-electron chi connectivity index (χ3n) is 2.37. The van der Waals surface area contributed by atoms with Gasteiger partial charge in [-0.05, 0) is 31.4 Å². The maximum Gasteiger partial charge on any atom is 0.0940 e. The Balaban J connectivity index is 2.75. The molecule has 0 aliphatic rings. The van der Waals surface area contributed by atoms with Gasteiger partial charge in [0.05, 0.1) is 12.2 Å². The molecule has 0 fully saturated rings. The normalized spacial score (nSPS) is 13.3. The van der Waals surface area contributed by atoms with Gasteiger partial charge in [0.2, 0.25) is 0 Å². The molecule has 0 bridgehead atoms. The Morgan fingerprint density at radius 1 is 1.53 bits per heavy atom. The minimum Gasteiger partial charge on any atom is -0.388 e. The fraction of sp³-hybridized carbons (Fsp3) is 0.308. The van der Waals surface area contributed by atoms with Crippen LogP contribution in [0.4, 0.5) is 0 Å². The van der Waals surface area contributed by atoms with Crippen LogP contribution in [-0.2, 0) is 0 Å². The zero-order valence-electron chi connectivity index (χ0n) is 9.07. The topological polar surface area (TPSA) is 44.0 Å². The van der Waals surface area contributed by atoms with Gasteiger partial charge in [0.1, 0.15) is 0 Å². The van der Waals surface area contributed by atoms with E-state index in [1.165, 1.54) is 0 Å². The summed E-state index contributed by atoms with van der Waals surface area (Å²) in [7, 11) is 0. The van der Waals surface area contributed by atoms with Gasteiger partial charge < -0.3 is 5.11 Å². The van der Waals surface area contributed by atoms with E-state index >= 15 is 0 Å². The molecule has 0 amide bonds. The van der Waals surface area contributed by atoms with E-state index in [1.54, 1.807) is 13.0 Å². The molecule has 1 atom stereocenters. The van der Waals surface area contributed by atoms with Crippen molar-refractivity contribution in [2.75, 3.05) is 0 Å². The maximum atomic E-state index is 9.89. The highest BCUT2D eigenvalue weighted by molar-refractivity contribution is 5.28. The number of nitrogens with zero attached hydrogens (tertiary/aromatic N) is 1. The summed E-state index contributed by atoms with van der Waals surface area (Å²) in [5.41, 5.74) is 2.65. The zero-order chi connectivity index (χ0) is 11.3. The van der Waals surface area contributed by atoms with Crippen LogP contribution in [0, 0.1) is 18.3 Å². The SMILES string of the molecule is C/C(C#N)=C\C[C@@H](O)c1ccccc1C. The third-order valence-corrected chi connectivity index (χ3v) is 2.37. The number of benzene rings is 1. The average Bonchev–Trinajstić information content (AvgIpc) is 2.26. The van der Waals surface area contributed by atoms with Gasteiger partial charge in [-0.1, -0.05) is 30.3 Å². The number of aliphatic hydroxyl groups is 1. The van der Waals surface area contributed by atoms with E-state index in [9.17, 15) is 5.11 Å². The second-order valence-electron chi connectivity index (χ2n) is 3.61. The molecule has 0 heterocycles. The molecule has 0 saturated heterocycles. The molecule has 1 aromatic carbocycles. The number of allylic oxidation sites excluding steroid dienone is 1. The highest BCUT2D eigenvalue weighted by Gasteiger charge is 2.07. The van der Waals surface area contributed by atoms with Crippen LogP contribution in [0.1, 0.15) is 30.6 Å². The minimum absolute atomic E-state index is 0.490. The second-order valence-corrected chi connectivity index (χ2v) is 3.61. The Morgan fingerprint density at radius 2 is 2.20 bits per heavy atom. The van der Waals surface area contributed by atoms with Gasteiger partial charge in [0, 0.05) is 5.57 Å². The molecule has 1 aromatic rings. The lowest BCUT2D eigenvalue weighted by atomic mass is 10.0. The van der Waals surface area contributed by atoms with Crippen molar-refractivity contribution >= 4 is 0 Å². The van der Waals surface area contributed by atoms with E-state index in [-0.39, 0.29) is 0 Å². The summed E-state index contributed by atoms with van der Waals surface area (Å²) >= 11 is 0. The Morgan fingerprint density at radius 3 is 2.80 bits per heavy atom. The van der Waals surface area contributed by atoms with E-state index in [1.807, 2.05) is 37.3 Å². The van der Waals surface area contributed by atoms with Crippen LogP contribution in [0.15, 0.2) is 35.9 Å². The molecule has 0 spiro atoms. The quantitative estimate of drug-likeness (QED) is 0.764. The van der Waals surface area contributed by atoms with Gasteiger partial charge in [0.15, 0.2) is 0 Å². The van der Waals surface area contributed by atoms with E-state index < -0.39 is 6.10 Å². The number of hydrogen-bond donors (Lipinski definition) is 1. The van der Waals surface area contributed by atoms with E-state index in [2.05, 4.69) is 0 Å². The van der Waals surface area contributed by atoms with Gasteiger partial charge in [-0.3, -0.25) is 0 Å². The molecule has 0 saturated carbocycles. The second kappa shape index (κ2) is 5.33. The van der Waals surface area contributed by atoms with Crippen LogP contribution in [-0.4, -0.2) is 5.11 Å². The molecule has 15 heavy (non-hydrogen) atoms. The lowest BCUT2D eigenvalue weighted by molar-refractivity contribution is 0.180. The van der Waals surface area contributed by atoms with Gasteiger partial charge >= 0.3 is 0 Å². The lowest BCUT2D eigenvalue weighted by Gasteiger charge is -2.11. The third kappa shape index (κ3) is 3.23. The Hall–Kier alpha value is -1.59. The number of aryl methyl sites for hydroxylation is 1. The van der Waals surface area contributed by atoms with Crippen molar-refractivity contribution in [1.82, 2.24) is 0 Å². The number of hydrogen-bond acceptors (Lipinski definition) is 2. The predicted octanol–water partition coefficient (Wildman–Crippen LogP) is 2.89. The van der Waals surface area contributed by atoms with Gasteiger partial charge in [-0.25, -0.2) is 0 Å². The summed E-state index contributed by atoms with van der Waals surface area (Å²) in [5.74, 6) is 0. The summed E-state index contributed by atoms with van der Waals surface area (Å²) in [6.07, 6.45) is 1.73. The molecule has 0 aliphatic carbocycles. The smallest absolute Gasteiger partial charge is 0.0940 e. The van der Waals surface area contributed by atoms with Crippen molar-refractivity contribution in [3.63, 3.8) is 0 Å². The largest absolute Gasteiger partial charge is 0.388 e. The number of nitriles is 1. The molecule has 0 aromatic heterocycles. The molecule has 0 aliphatic heterocycles. The molecule has 0 unspecified atom stereocenters.